The summed E-state index contributed by atoms with van der Waals surface area (Å²) in [6.45, 7) is 6.24. The Hall–Kier alpha value is -1.27. The van der Waals surface area contributed by atoms with Crippen LogP contribution in [0.3, 0.4) is 0 Å². The van der Waals surface area contributed by atoms with Gasteiger partial charge in [-0.2, -0.15) is 0 Å². The van der Waals surface area contributed by atoms with Crippen LogP contribution in [0.4, 0.5) is 5.69 Å². The molecule has 1 aromatic rings. The van der Waals surface area contributed by atoms with Crippen molar-refractivity contribution in [2.24, 2.45) is 10.9 Å². The van der Waals surface area contributed by atoms with Gasteiger partial charge in [0.1, 0.15) is 0 Å². The number of rotatable bonds is 6. The smallest absolute Gasteiger partial charge is 0.171 e. The first-order chi connectivity index (χ1) is 9.40. The van der Waals surface area contributed by atoms with Crippen LogP contribution in [0, 0.1) is 0 Å². The van der Waals surface area contributed by atoms with Crippen LogP contribution < -0.4 is 10.6 Å². The first kappa shape index (κ1) is 16.8. The molecule has 112 valence electrons. The molecule has 0 aliphatic carbocycles. The molecule has 0 aliphatic heterocycles. The standard InChI is InChI=1S/C14H23BrN4O/c1-5-19(10(2)9-18(3)4)11-6-7-12(13(15)8-11)14(16)17-20/h6-8,10,20H,5,9H2,1-4H3,(H2,16,17). The number of nitrogens with zero attached hydrogens (tertiary/aromatic N) is 3. The van der Waals surface area contributed by atoms with Gasteiger partial charge in [-0.05, 0) is 62.1 Å². The number of oxime groups is 1. The number of amidine groups is 1. The summed E-state index contributed by atoms with van der Waals surface area (Å²) in [5, 5.41) is 11.8. The fourth-order valence-electron chi connectivity index (χ4n) is 2.32. The van der Waals surface area contributed by atoms with Crippen molar-refractivity contribution < 1.29 is 5.21 Å². The van der Waals surface area contributed by atoms with Gasteiger partial charge in [0, 0.05) is 34.9 Å². The van der Waals surface area contributed by atoms with Gasteiger partial charge in [0.2, 0.25) is 0 Å². The Morgan fingerprint density at radius 3 is 2.55 bits per heavy atom. The third-order valence-corrected chi connectivity index (χ3v) is 3.83. The third kappa shape index (κ3) is 4.11. The molecule has 0 aliphatic rings. The molecule has 0 heterocycles. The zero-order valence-corrected chi connectivity index (χ0v) is 14.1. The highest BCUT2D eigenvalue weighted by Crippen LogP contribution is 2.25. The van der Waals surface area contributed by atoms with E-state index in [1.54, 1.807) is 0 Å². The van der Waals surface area contributed by atoms with E-state index in [0.717, 1.165) is 23.2 Å². The summed E-state index contributed by atoms with van der Waals surface area (Å²) < 4.78 is 0.820. The number of benzene rings is 1. The molecular weight excluding hydrogens is 320 g/mol. The number of halogens is 1. The lowest BCUT2D eigenvalue weighted by Gasteiger charge is -2.32. The highest BCUT2D eigenvalue weighted by molar-refractivity contribution is 9.10. The lowest BCUT2D eigenvalue weighted by molar-refractivity contribution is 0.318. The first-order valence-corrected chi connectivity index (χ1v) is 7.38. The van der Waals surface area contributed by atoms with E-state index in [-0.39, 0.29) is 5.84 Å². The molecule has 1 unspecified atom stereocenters. The normalized spacial score (nSPS) is 13.6. The van der Waals surface area contributed by atoms with E-state index in [2.05, 4.69) is 58.8 Å². The maximum Gasteiger partial charge on any atom is 0.171 e. The molecule has 0 saturated carbocycles. The third-order valence-electron chi connectivity index (χ3n) is 3.17. The van der Waals surface area contributed by atoms with Crippen LogP contribution in [0.5, 0.6) is 0 Å². The van der Waals surface area contributed by atoms with Crippen LogP contribution in [0.2, 0.25) is 0 Å². The van der Waals surface area contributed by atoms with Crippen molar-refractivity contribution in [2.75, 3.05) is 32.1 Å². The second kappa shape index (κ2) is 7.50. The fraction of sp³-hybridized carbons (Fsp3) is 0.500. The lowest BCUT2D eigenvalue weighted by Crippen LogP contribution is -2.40. The molecule has 0 saturated heterocycles. The SMILES string of the molecule is CCN(c1ccc(/C(N)=N/O)c(Br)c1)C(C)CN(C)C. The van der Waals surface area contributed by atoms with Crippen LogP contribution in [0.15, 0.2) is 27.8 Å². The molecule has 0 spiro atoms. The summed E-state index contributed by atoms with van der Waals surface area (Å²) >= 11 is 3.48. The second-order valence-corrected chi connectivity index (χ2v) is 5.90. The minimum Gasteiger partial charge on any atom is -0.409 e. The van der Waals surface area contributed by atoms with Crippen LogP contribution in [-0.4, -0.2) is 49.2 Å². The lowest BCUT2D eigenvalue weighted by atomic mass is 10.1. The maximum atomic E-state index is 8.75. The summed E-state index contributed by atoms with van der Waals surface area (Å²) in [6.07, 6.45) is 0. The fourth-order valence-corrected chi connectivity index (χ4v) is 2.89. The van der Waals surface area contributed by atoms with Crippen molar-refractivity contribution >= 4 is 27.5 Å². The Morgan fingerprint density at radius 1 is 1.45 bits per heavy atom. The maximum absolute atomic E-state index is 8.75. The molecule has 3 N–H and O–H groups in total. The predicted molar refractivity (Wildman–Crippen MR) is 87.7 cm³/mol. The summed E-state index contributed by atoms with van der Waals surface area (Å²) in [6, 6.07) is 6.26. The molecule has 0 radical (unpaired) electrons. The van der Waals surface area contributed by atoms with Gasteiger partial charge < -0.3 is 20.7 Å². The number of hydrogen-bond acceptors (Lipinski definition) is 4. The molecule has 6 heteroatoms. The molecular formula is C14H23BrN4O. The van der Waals surface area contributed by atoms with Gasteiger partial charge in [0.05, 0.1) is 0 Å². The van der Waals surface area contributed by atoms with E-state index in [0.29, 0.717) is 11.6 Å². The number of nitrogens with two attached hydrogens (primary N) is 1. The quantitative estimate of drug-likeness (QED) is 0.360. The largest absolute Gasteiger partial charge is 0.409 e. The van der Waals surface area contributed by atoms with Gasteiger partial charge in [-0.25, -0.2) is 0 Å². The second-order valence-electron chi connectivity index (χ2n) is 5.05. The average Bonchev–Trinajstić information content (AvgIpc) is 2.38. The van der Waals surface area contributed by atoms with E-state index in [9.17, 15) is 0 Å². The van der Waals surface area contributed by atoms with Crippen molar-refractivity contribution in [3.05, 3.63) is 28.2 Å². The van der Waals surface area contributed by atoms with Gasteiger partial charge >= 0.3 is 0 Å². The first-order valence-electron chi connectivity index (χ1n) is 6.59. The minimum atomic E-state index is 0.104. The molecule has 20 heavy (non-hydrogen) atoms. The topological polar surface area (TPSA) is 65.1 Å². The van der Waals surface area contributed by atoms with Crippen molar-refractivity contribution in [1.29, 1.82) is 0 Å². The van der Waals surface area contributed by atoms with Crippen LogP contribution in [0.1, 0.15) is 19.4 Å². The zero-order chi connectivity index (χ0) is 15.3. The molecule has 5 nitrogen and oxygen atoms in total. The Balaban J connectivity index is 3.03. The van der Waals surface area contributed by atoms with Crippen molar-refractivity contribution in [3.63, 3.8) is 0 Å². The zero-order valence-electron chi connectivity index (χ0n) is 12.5. The monoisotopic (exact) mass is 342 g/mol. The predicted octanol–water partition coefficient (Wildman–Crippen LogP) is 2.32. The molecule has 0 bridgehead atoms. The highest BCUT2D eigenvalue weighted by Gasteiger charge is 2.15. The average molecular weight is 343 g/mol. The van der Waals surface area contributed by atoms with Gasteiger partial charge in [-0.1, -0.05) is 5.16 Å². The van der Waals surface area contributed by atoms with Crippen LogP contribution in [0.25, 0.3) is 0 Å². The Kier molecular flexibility index (Phi) is 6.29. The van der Waals surface area contributed by atoms with E-state index < -0.39 is 0 Å². The number of hydrogen-bond donors (Lipinski definition) is 2. The summed E-state index contributed by atoms with van der Waals surface area (Å²) in [5.74, 6) is 0.104. The minimum absolute atomic E-state index is 0.104. The van der Waals surface area contributed by atoms with E-state index >= 15 is 0 Å². The molecule has 1 rings (SSSR count). The van der Waals surface area contributed by atoms with Gasteiger partial charge in [0.25, 0.3) is 0 Å². The van der Waals surface area contributed by atoms with Gasteiger partial charge in [-0.15, -0.1) is 0 Å². The summed E-state index contributed by atoms with van der Waals surface area (Å²) in [4.78, 5) is 4.49. The van der Waals surface area contributed by atoms with Crippen LogP contribution >= 0.6 is 15.9 Å². The molecule has 0 amide bonds. The van der Waals surface area contributed by atoms with Gasteiger partial charge in [0.15, 0.2) is 5.84 Å². The Bertz CT molecular complexity index is 476. The molecule has 1 aromatic carbocycles. The van der Waals surface area contributed by atoms with E-state index in [1.165, 1.54) is 0 Å². The Labute approximate surface area is 129 Å². The molecule has 1 atom stereocenters. The molecule has 0 fully saturated rings. The van der Waals surface area contributed by atoms with Crippen molar-refractivity contribution in [1.82, 2.24) is 4.90 Å². The van der Waals surface area contributed by atoms with Gasteiger partial charge in [-0.3, -0.25) is 0 Å². The van der Waals surface area contributed by atoms with Crippen molar-refractivity contribution in [3.8, 4) is 0 Å². The highest BCUT2D eigenvalue weighted by atomic mass is 79.9. The van der Waals surface area contributed by atoms with E-state index in [4.69, 9.17) is 10.9 Å². The molecule has 0 aromatic heterocycles. The Morgan fingerprint density at radius 2 is 2.10 bits per heavy atom. The van der Waals surface area contributed by atoms with Crippen molar-refractivity contribution in [2.45, 2.75) is 19.9 Å². The van der Waals surface area contributed by atoms with Crippen LogP contribution in [-0.2, 0) is 0 Å². The summed E-state index contributed by atoms with van der Waals surface area (Å²) in [5.41, 5.74) is 7.43. The number of likely N-dealkylation sites (N-methyl/N-ethyl adjacent to an activating group) is 2. The number of anilines is 1. The summed E-state index contributed by atoms with van der Waals surface area (Å²) in [7, 11) is 4.14. The van der Waals surface area contributed by atoms with E-state index in [1.807, 2.05) is 18.2 Å².